The van der Waals surface area contributed by atoms with Gasteiger partial charge >= 0.3 is 0 Å². The van der Waals surface area contributed by atoms with Crippen molar-refractivity contribution in [3.8, 4) is 0 Å². The van der Waals surface area contributed by atoms with Crippen LogP contribution < -0.4 is 0 Å². The Morgan fingerprint density at radius 1 is 1.46 bits per heavy atom. The number of carbonyl (C=O) groups is 2. The molecule has 0 amide bonds. The molecular weight excluding hydrogens is 187 g/mol. The maximum absolute atomic E-state index is 11.6. The molecule has 0 aromatic heterocycles. The summed E-state index contributed by atoms with van der Waals surface area (Å²) in [5.41, 5.74) is 0. The van der Waals surface area contributed by atoms with E-state index in [0.29, 0.717) is 0 Å². The second-order valence-electron chi connectivity index (χ2n) is 4.21. The number of ether oxygens (including phenoxy) is 1. The fourth-order valence-corrected chi connectivity index (χ4v) is 4.04. The van der Waals surface area contributed by atoms with Gasteiger partial charge in [0.2, 0.25) is 5.12 Å². The van der Waals surface area contributed by atoms with E-state index in [1.54, 1.807) is 0 Å². The summed E-state index contributed by atoms with van der Waals surface area (Å²) in [5, 5.41) is -0.445. The average Bonchev–Trinajstić information content (AvgIpc) is 2.66. The minimum atomic E-state index is -0.495. The Labute approximate surface area is 81.0 Å². The van der Waals surface area contributed by atoms with Crippen molar-refractivity contribution >= 4 is 29.8 Å². The first-order valence-electron chi connectivity index (χ1n) is 4.55. The molecule has 3 fully saturated rings. The van der Waals surface area contributed by atoms with Gasteiger partial charge in [0.1, 0.15) is 7.85 Å². The molecule has 0 unspecified atom stereocenters. The minimum Gasteiger partial charge on any atom is -0.374 e. The Morgan fingerprint density at radius 2 is 2.23 bits per heavy atom. The van der Waals surface area contributed by atoms with Gasteiger partial charge in [0.15, 0.2) is 5.12 Å². The van der Waals surface area contributed by atoms with Crippen molar-refractivity contribution in [1.82, 2.24) is 0 Å². The molecule has 13 heavy (non-hydrogen) atoms. The van der Waals surface area contributed by atoms with Crippen molar-refractivity contribution in [3.05, 3.63) is 0 Å². The summed E-state index contributed by atoms with van der Waals surface area (Å²) in [4.78, 5) is 23.2. The van der Waals surface area contributed by atoms with E-state index in [-0.39, 0.29) is 28.4 Å². The molecule has 3 aliphatic heterocycles. The monoisotopic (exact) mass is 196 g/mol. The fraction of sp³-hybridized carbons (Fsp3) is 0.750. The van der Waals surface area contributed by atoms with E-state index in [1.165, 1.54) is 0 Å². The second-order valence-corrected chi connectivity index (χ2v) is 5.19. The number of carbonyl (C=O) groups excluding carboxylic acids is 2. The van der Waals surface area contributed by atoms with Gasteiger partial charge in [0, 0.05) is 5.31 Å². The molecule has 5 heteroatoms. The van der Waals surface area contributed by atoms with Crippen LogP contribution in [0.25, 0.3) is 0 Å². The fourth-order valence-electron chi connectivity index (χ4n) is 2.86. The lowest BCUT2D eigenvalue weighted by Crippen LogP contribution is -2.36. The van der Waals surface area contributed by atoms with Crippen molar-refractivity contribution in [1.29, 1.82) is 0 Å². The van der Waals surface area contributed by atoms with Gasteiger partial charge in [-0.05, 0) is 24.6 Å². The van der Waals surface area contributed by atoms with Crippen molar-refractivity contribution < 1.29 is 14.3 Å². The van der Waals surface area contributed by atoms with E-state index < -0.39 is 5.31 Å². The van der Waals surface area contributed by atoms with E-state index in [2.05, 4.69) is 0 Å². The number of hydrogen-bond donors (Lipinski definition) is 0. The third-order valence-electron chi connectivity index (χ3n) is 3.63. The van der Waals surface area contributed by atoms with Crippen molar-refractivity contribution in [2.45, 2.75) is 30.4 Å². The molecule has 3 heterocycles. The molecule has 0 aromatic rings. The van der Waals surface area contributed by atoms with Gasteiger partial charge in [0.05, 0.1) is 18.1 Å². The lowest BCUT2D eigenvalue weighted by molar-refractivity contribution is -0.118. The van der Waals surface area contributed by atoms with Gasteiger partial charge in [-0.25, -0.2) is 0 Å². The summed E-state index contributed by atoms with van der Waals surface area (Å²) in [6.45, 7) is 0. The number of thioether (sulfide) groups is 1. The Kier molecular flexibility index (Phi) is 1.37. The van der Waals surface area contributed by atoms with Gasteiger partial charge in [-0.2, -0.15) is 0 Å². The summed E-state index contributed by atoms with van der Waals surface area (Å²) in [6.07, 6.45) is 1.93. The van der Waals surface area contributed by atoms with Crippen LogP contribution in [-0.2, 0) is 14.3 Å². The molecule has 0 aliphatic carbocycles. The Hall–Kier alpha value is -0.285. The third kappa shape index (κ3) is 0.738. The number of fused-ring (bicyclic) bond motifs is 5. The molecule has 3 saturated heterocycles. The summed E-state index contributed by atoms with van der Waals surface area (Å²) in [6, 6.07) is 0. The molecule has 0 spiro atoms. The van der Waals surface area contributed by atoms with E-state index in [1.807, 2.05) is 7.85 Å². The zero-order chi connectivity index (χ0) is 9.22. The smallest absolute Gasteiger partial charge is 0.202 e. The topological polar surface area (TPSA) is 43.4 Å². The van der Waals surface area contributed by atoms with E-state index in [4.69, 9.17) is 4.74 Å². The third-order valence-corrected chi connectivity index (χ3v) is 4.71. The summed E-state index contributed by atoms with van der Waals surface area (Å²) in [5.74, 6) is -0.149. The summed E-state index contributed by atoms with van der Waals surface area (Å²) in [7, 11) is 1.89. The molecule has 2 bridgehead atoms. The number of rotatable bonds is 0. The van der Waals surface area contributed by atoms with E-state index >= 15 is 0 Å². The van der Waals surface area contributed by atoms with Gasteiger partial charge in [-0.15, -0.1) is 0 Å². The van der Waals surface area contributed by atoms with Crippen LogP contribution in [0.15, 0.2) is 0 Å². The Morgan fingerprint density at radius 3 is 2.92 bits per heavy atom. The van der Waals surface area contributed by atoms with Gasteiger partial charge in [0.25, 0.3) is 0 Å². The van der Waals surface area contributed by atoms with Crippen LogP contribution in [0.1, 0.15) is 12.8 Å². The van der Waals surface area contributed by atoms with Crippen molar-refractivity contribution in [3.63, 3.8) is 0 Å². The quantitative estimate of drug-likeness (QED) is 0.501. The van der Waals surface area contributed by atoms with Crippen LogP contribution in [0.2, 0.25) is 5.31 Å². The molecule has 3 rings (SSSR count). The van der Waals surface area contributed by atoms with Crippen molar-refractivity contribution in [2.75, 3.05) is 0 Å². The first kappa shape index (κ1) is 8.06. The molecular formula is C8H9BO3S. The summed E-state index contributed by atoms with van der Waals surface area (Å²) < 4.78 is 5.63. The van der Waals surface area contributed by atoms with Crippen LogP contribution in [0.5, 0.6) is 0 Å². The zero-order valence-corrected chi connectivity index (χ0v) is 8.10. The van der Waals surface area contributed by atoms with Crippen LogP contribution in [0.4, 0.5) is 0 Å². The maximum Gasteiger partial charge on any atom is 0.202 e. The molecule has 0 saturated carbocycles. The van der Waals surface area contributed by atoms with Crippen LogP contribution in [-0.4, -0.2) is 30.3 Å². The van der Waals surface area contributed by atoms with Gasteiger partial charge < -0.3 is 4.74 Å². The van der Waals surface area contributed by atoms with Crippen molar-refractivity contribution in [2.24, 2.45) is 5.92 Å². The highest BCUT2D eigenvalue weighted by molar-refractivity contribution is 8.27. The average molecular weight is 196 g/mol. The predicted molar refractivity (Wildman–Crippen MR) is 50.2 cm³/mol. The van der Waals surface area contributed by atoms with E-state index in [9.17, 15) is 9.59 Å². The van der Waals surface area contributed by atoms with Crippen LogP contribution >= 0.6 is 11.8 Å². The highest BCUT2D eigenvalue weighted by atomic mass is 32.2. The largest absolute Gasteiger partial charge is 0.374 e. The van der Waals surface area contributed by atoms with Gasteiger partial charge in [-0.3, -0.25) is 9.59 Å². The Bertz CT molecular complexity index is 319. The molecule has 3 nitrogen and oxygen atoms in total. The van der Waals surface area contributed by atoms with Crippen LogP contribution in [0.3, 0.4) is 0 Å². The van der Waals surface area contributed by atoms with Crippen LogP contribution in [0, 0.1) is 5.92 Å². The maximum atomic E-state index is 11.6. The molecule has 0 radical (unpaired) electrons. The first-order chi connectivity index (χ1) is 6.14. The SMILES string of the molecule is B[C@]12C(=O)SC(=O)[C@H]1[C@@H]1CC[C@H]2O1. The minimum absolute atomic E-state index is 0.00829. The first-order valence-corrected chi connectivity index (χ1v) is 5.37. The molecule has 0 aromatic carbocycles. The standard InChI is InChI=1S/C8H9BO3S/c9-8-4-2-1-3(12-4)5(8)6(10)13-7(8)11/h3-5H,1-2,9H2/t3-,4+,5+,8-/m0/s1. The zero-order valence-electron chi connectivity index (χ0n) is 7.28. The highest BCUT2D eigenvalue weighted by Gasteiger charge is 2.67. The lowest BCUT2D eigenvalue weighted by Gasteiger charge is -2.28. The molecule has 3 aliphatic rings. The number of hydrogen-bond acceptors (Lipinski definition) is 4. The summed E-state index contributed by atoms with van der Waals surface area (Å²) >= 11 is 0.901. The molecule has 4 atom stereocenters. The normalized spacial score (nSPS) is 53.1. The van der Waals surface area contributed by atoms with E-state index in [0.717, 1.165) is 24.6 Å². The molecule has 0 N–H and O–H groups in total. The second kappa shape index (κ2) is 2.20. The molecule has 68 valence electrons. The van der Waals surface area contributed by atoms with Gasteiger partial charge in [-0.1, -0.05) is 0 Å². The highest BCUT2D eigenvalue weighted by Crippen LogP contribution is 2.62. The Balaban J connectivity index is 2.12. The lowest BCUT2D eigenvalue weighted by atomic mass is 9.55. The predicted octanol–water partition coefficient (Wildman–Crippen LogP) is -0.244.